The number of nitrogens with one attached hydrogen (secondary N) is 2. The van der Waals surface area contributed by atoms with Gasteiger partial charge in [-0.05, 0) is 25.8 Å². The highest BCUT2D eigenvalue weighted by molar-refractivity contribution is 5.86. The van der Waals surface area contributed by atoms with Gasteiger partial charge < -0.3 is 15.7 Å². The number of carboxylic acid groups (broad SMARTS) is 1. The number of amides is 1. The van der Waals surface area contributed by atoms with Crippen LogP contribution in [0.15, 0.2) is 12.2 Å². The number of aliphatic carboxylic acids is 1. The van der Waals surface area contributed by atoms with Crippen LogP contribution in [0.25, 0.3) is 0 Å². The second kappa shape index (κ2) is 6.27. The number of hydrogen-bond acceptors (Lipinski definition) is 3. The molecule has 0 aliphatic heterocycles. The Hall–Kier alpha value is -1.36. The van der Waals surface area contributed by atoms with Crippen molar-refractivity contribution in [3.8, 4) is 0 Å². The van der Waals surface area contributed by atoms with Gasteiger partial charge in [-0.25, -0.2) is 4.79 Å². The van der Waals surface area contributed by atoms with Gasteiger partial charge in [0.05, 0.1) is 0 Å². The third-order valence-electron chi connectivity index (χ3n) is 2.34. The Bertz CT molecular complexity index is 285. The highest BCUT2D eigenvalue weighted by Gasteiger charge is 2.22. The van der Waals surface area contributed by atoms with Crippen LogP contribution >= 0.6 is 0 Å². The van der Waals surface area contributed by atoms with Crippen LogP contribution in [0.5, 0.6) is 0 Å². The van der Waals surface area contributed by atoms with E-state index in [0.717, 1.165) is 12.8 Å². The third-order valence-corrected chi connectivity index (χ3v) is 2.34. The molecule has 1 aliphatic rings. The van der Waals surface area contributed by atoms with Crippen molar-refractivity contribution in [2.45, 2.75) is 31.7 Å². The van der Waals surface area contributed by atoms with E-state index in [0.29, 0.717) is 25.4 Å². The molecule has 1 fully saturated rings. The van der Waals surface area contributed by atoms with E-state index in [9.17, 15) is 9.59 Å². The van der Waals surface area contributed by atoms with Gasteiger partial charge in [0, 0.05) is 24.6 Å². The maximum Gasteiger partial charge on any atom is 0.332 e. The smallest absolute Gasteiger partial charge is 0.332 e. The first-order valence-corrected chi connectivity index (χ1v) is 5.50. The fraction of sp³-hybridized carbons (Fsp3) is 0.636. The Morgan fingerprint density at radius 2 is 2.06 bits per heavy atom. The minimum atomic E-state index is -0.987. The quantitative estimate of drug-likeness (QED) is 0.410. The van der Waals surface area contributed by atoms with Gasteiger partial charge >= 0.3 is 5.97 Å². The zero-order valence-corrected chi connectivity index (χ0v) is 9.29. The summed E-state index contributed by atoms with van der Waals surface area (Å²) in [7, 11) is 0. The molecular weight excluding hydrogens is 208 g/mol. The van der Waals surface area contributed by atoms with E-state index in [1.54, 1.807) is 0 Å². The Morgan fingerprint density at radius 3 is 2.62 bits per heavy atom. The molecule has 0 aromatic heterocycles. The molecule has 3 N–H and O–H groups in total. The van der Waals surface area contributed by atoms with Crippen LogP contribution in [-0.2, 0) is 9.59 Å². The summed E-state index contributed by atoms with van der Waals surface area (Å²) in [6, 6.07) is 0.409. The van der Waals surface area contributed by atoms with Crippen LogP contribution in [-0.4, -0.2) is 36.1 Å². The highest BCUT2D eigenvalue weighted by Crippen LogP contribution is 2.18. The average Bonchev–Trinajstić information content (AvgIpc) is 3.00. The fourth-order valence-electron chi connectivity index (χ4n) is 1.22. The molecule has 0 aromatic carbocycles. The van der Waals surface area contributed by atoms with E-state index in [2.05, 4.69) is 17.2 Å². The molecule has 0 spiro atoms. The van der Waals surface area contributed by atoms with Crippen molar-refractivity contribution in [2.75, 3.05) is 13.1 Å². The molecule has 0 radical (unpaired) electrons. The highest BCUT2D eigenvalue weighted by atomic mass is 16.4. The van der Waals surface area contributed by atoms with Crippen LogP contribution in [0.1, 0.15) is 25.7 Å². The molecule has 5 heteroatoms. The largest absolute Gasteiger partial charge is 0.478 e. The van der Waals surface area contributed by atoms with Crippen LogP contribution in [0.3, 0.4) is 0 Å². The van der Waals surface area contributed by atoms with Gasteiger partial charge in [0.1, 0.15) is 0 Å². The third kappa shape index (κ3) is 5.50. The summed E-state index contributed by atoms with van der Waals surface area (Å²) in [5.74, 6) is -0.902. The summed E-state index contributed by atoms with van der Waals surface area (Å²) in [5, 5.41) is 14.4. The second-order valence-corrected chi connectivity index (χ2v) is 4.03. The lowest BCUT2D eigenvalue weighted by molar-refractivity contribution is -0.132. The topological polar surface area (TPSA) is 78.4 Å². The van der Waals surface area contributed by atoms with Crippen molar-refractivity contribution in [1.29, 1.82) is 0 Å². The summed E-state index contributed by atoms with van der Waals surface area (Å²) >= 11 is 0. The zero-order chi connectivity index (χ0) is 12.0. The van der Waals surface area contributed by atoms with E-state index in [1.165, 1.54) is 0 Å². The molecule has 5 nitrogen and oxygen atoms in total. The van der Waals surface area contributed by atoms with Gasteiger partial charge in [0.15, 0.2) is 0 Å². The number of rotatable bonds is 8. The molecule has 0 bridgehead atoms. The molecule has 1 rings (SSSR count). The molecule has 1 saturated carbocycles. The van der Waals surface area contributed by atoms with Crippen molar-refractivity contribution in [2.24, 2.45) is 0 Å². The average molecular weight is 226 g/mol. The van der Waals surface area contributed by atoms with E-state index in [1.807, 2.05) is 0 Å². The maximum absolute atomic E-state index is 11.2. The lowest BCUT2D eigenvalue weighted by Crippen LogP contribution is -2.27. The summed E-state index contributed by atoms with van der Waals surface area (Å²) in [4.78, 5) is 21.6. The minimum Gasteiger partial charge on any atom is -0.478 e. The van der Waals surface area contributed by atoms with Crippen molar-refractivity contribution in [3.05, 3.63) is 12.2 Å². The van der Waals surface area contributed by atoms with Crippen LogP contribution in [0.2, 0.25) is 0 Å². The Kier molecular flexibility index (Phi) is 4.98. The molecule has 0 saturated heterocycles. The fourth-order valence-corrected chi connectivity index (χ4v) is 1.22. The van der Waals surface area contributed by atoms with E-state index < -0.39 is 5.97 Å². The molecule has 90 valence electrons. The summed E-state index contributed by atoms with van der Waals surface area (Å²) in [5.41, 5.74) is 0.141. The van der Waals surface area contributed by atoms with Gasteiger partial charge in [-0.3, -0.25) is 4.79 Å². The lowest BCUT2D eigenvalue weighted by atomic mass is 10.2. The van der Waals surface area contributed by atoms with Crippen LogP contribution in [0, 0.1) is 0 Å². The molecule has 16 heavy (non-hydrogen) atoms. The molecular formula is C11H18N2O3. The van der Waals surface area contributed by atoms with E-state index in [-0.39, 0.29) is 18.0 Å². The SMILES string of the molecule is C=C(CNCCCC(=O)NC1CC1)C(=O)O. The summed E-state index contributed by atoms with van der Waals surface area (Å²) in [6.45, 7) is 4.29. The van der Waals surface area contributed by atoms with Crippen LogP contribution in [0.4, 0.5) is 0 Å². The number of carbonyl (C=O) groups is 2. The second-order valence-electron chi connectivity index (χ2n) is 4.03. The Morgan fingerprint density at radius 1 is 1.38 bits per heavy atom. The standard InChI is InChI=1S/C11H18N2O3/c1-8(11(15)16)7-12-6-2-3-10(14)13-9-4-5-9/h9,12H,1-7H2,(H,13,14)(H,15,16). The van der Waals surface area contributed by atoms with Crippen molar-refractivity contribution in [1.82, 2.24) is 10.6 Å². The molecule has 1 amide bonds. The van der Waals surface area contributed by atoms with Gasteiger partial charge in [-0.15, -0.1) is 0 Å². The first-order chi connectivity index (χ1) is 7.59. The van der Waals surface area contributed by atoms with Gasteiger partial charge in [-0.2, -0.15) is 0 Å². The monoisotopic (exact) mass is 226 g/mol. The maximum atomic E-state index is 11.2. The normalized spacial score (nSPS) is 14.5. The first kappa shape index (κ1) is 12.7. The van der Waals surface area contributed by atoms with Gasteiger partial charge in [0.2, 0.25) is 5.91 Å². The minimum absolute atomic E-state index is 0.0846. The summed E-state index contributed by atoms with van der Waals surface area (Å²) in [6.07, 6.45) is 3.40. The van der Waals surface area contributed by atoms with E-state index in [4.69, 9.17) is 5.11 Å². The molecule has 0 aromatic rings. The predicted octanol–water partition coefficient (Wildman–Crippen LogP) is 0.276. The van der Waals surface area contributed by atoms with Gasteiger partial charge in [0.25, 0.3) is 0 Å². The number of carbonyl (C=O) groups excluding carboxylic acids is 1. The summed E-state index contributed by atoms with van der Waals surface area (Å²) < 4.78 is 0. The molecule has 0 atom stereocenters. The Balaban J connectivity index is 1.92. The van der Waals surface area contributed by atoms with Gasteiger partial charge in [-0.1, -0.05) is 6.58 Å². The molecule has 0 unspecified atom stereocenters. The Labute approximate surface area is 94.9 Å². The zero-order valence-electron chi connectivity index (χ0n) is 9.29. The number of carboxylic acids is 1. The molecule has 1 aliphatic carbocycles. The predicted molar refractivity (Wildman–Crippen MR) is 60.0 cm³/mol. The van der Waals surface area contributed by atoms with Crippen LogP contribution < -0.4 is 10.6 Å². The van der Waals surface area contributed by atoms with Crippen molar-refractivity contribution >= 4 is 11.9 Å². The van der Waals surface area contributed by atoms with E-state index >= 15 is 0 Å². The first-order valence-electron chi connectivity index (χ1n) is 5.50. The number of hydrogen-bond donors (Lipinski definition) is 3. The lowest BCUT2D eigenvalue weighted by Gasteiger charge is -2.05. The van der Waals surface area contributed by atoms with Crippen molar-refractivity contribution in [3.63, 3.8) is 0 Å². The van der Waals surface area contributed by atoms with Crippen molar-refractivity contribution < 1.29 is 14.7 Å². The molecule has 0 heterocycles.